The fourth-order valence-electron chi connectivity index (χ4n) is 2.51. The first kappa shape index (κ1) is 13.6. The molecule has 108 valence electrons. The van der Waals surface area contributed by atoms with Crippen LogP contribution >= 0.6 is 0 Å². The number of ether oxygens (including phenoxy) is 1. The lowest BCUT2D eigenvalue weighted by atomic mass is 10.1. The van der Waals surface area contributed by atoms with Crippen molar-refractivity contribution in [2.45, 2.75) is 19.6 Å². The van der Waals surface area contributed by atoms with Crippen molar-refractivity contribution in [3.05, 3.63) is 65.2 Å². The Morgan fingerprint density at radius 1 is 1.14 bits per heavy atom. The molecule has 0 unspecified atom stereocenters. The molecule has 1 aliphatic rings. The number of benzene rings is 2. The molecular weight excluding hydrogens is 266 g/mol. The summed E-state index contributed by atoms with van der Waals surface area (Å²) in [6.45, 7) is 0.864. The van der Waals surface area contributed by atoms with Crippen LogP contribution in [0.2, 0.25) is 0 Å². The number of carbonyl (C=O) groups is 1. The van der Waals surface area contributed by atoms with Crippen LogP contribution in [-0.2, 0) is 24.4 Å². The summed E-state index contributed by atoms with van der Waals surface area (Å²) in [6, 6.07) is 15.3. The largest absolute Gasteiger partial charge is 0.444 e. The van der Waals surface area contributed by atoms with Gasteiger partial charge in [-0.2, -0.15) is 0 Å². The zero-order valence-corrected chi connectivity index (χ0v) is 11.7. The van der Waals surface area contributed by atoms with Crippen molar-refractivity contribution in [2.75, 3.05) is 11.4 Å². The molecule has 2 aromatic carbocycles. The topological polar surface area (TPSA) is 49.8 Å². The van der Waals surface area contributed by atoms with Crippen LogP contribution in [-0.4, -0.2) is 17.7 Å². The Kier molecular flexibility index (Phi) is 3.88. The van der Waals surface area contributed by atoms with Crippen LogP contribution in [0.25, 0.3) is 0 Å². The number of hydrogen-bond donors (Lipinski definition) is 1. The van der Waals surface area contributed by atoms with Gasteiger partial charge in [0, 0.05) is 6.54 Å². The van der Waals surface area contributed by atoms with Crippen LogP contribution < -0.4 is 4.90 Å². The van der Waals surface area contributed by atoms with Gasteiger partial charge in [-0.25, -0.2) is 4.79 Å². The molecule has 0 bridgehead atoms. The van der Waals surface area contributed by atoms with Crippen LogP contribution in [0.3, 0.4) is 0 Å². The third-order valence-electron chi connectivity index (χ3n) is 3.65. The highest BCUT2D eigenvalue weighted by atomic mass is 16.6. The van der Waals surface area contributed by atoms with Crippen molar-refractivity contribution in [3.8, 4) is 0 Å². The lowest BCUT2D eigenvalue weighted by Gasteiger charge is -2.17. The number of aliphatic hydroxyl groups is 1. The summed E-state index contributed by atoms with van der Waals surface area (Å²) in [5.74, 6) is 0. The molecule has 1 amide bonds. The van der Waals surface area contributed by atoms with Crippen molar-refractivity contribution in [2.24, 2.45) is 0 Å². The first-order valence-corrected chi connectivity index (χ1v) is 6.99. The van der Waals surface area contributed by atoms with Gasteiger partial charge in [0.15, 0.2) is 0 Å². The number of aliphatic hydroxyl groups excluding tert-OH is 1. The Morgan fingerprint density at radius 3 is 2.71 bits per heavy atom. The van der Waals surface area contributed by atoms with Gasteiger partial charge in [0.2, 0.25) is 0 Å². The average molecular weight is 283 g/mol. The summed E-state index contributed by atoms with van der Waals surface area (Å²) in [4.78, 5) is 13.9. The Labute approximate surface area is 123 Å². The fraction of sp³-hybridized carbons (Fsp3) is 0.235. The number of anilines is 1. The van der Waals surface area contributed by atoms with Crippen molar-refractivity contribution in [1.82, 2.24) is 0 Å². The highest BCUT2D eigenvalue weighted by molar-refractivity contribution is 5.90. The zero-order chi connectivity index (χ0) is 14.7. The standard InChI is InChI=1S/C17H17NO3/c19-11-14-6-7-15-8-9-18(16(15)10-14)17(20)21-12-13-4-2-1-3-5-13/h1-7,10,19H,8-9,11-12H2. The molecule has 0 spiro atoms. The summed E-state index contributed by atoms with van der Waals surface area (Å²) in [6.07, 6.45) is 0.481. The highest BCUT2D eigenvalue weighted by Gasteiger charge is 2.25. The van der Waals surface area contributed by atoms with E-state index in [1.54, 1.807) is 4.90 Å². The zero-order valence-electron chi connectivity index (χ0n) is 11.7. The summed E-state index contributed by atoms with van der Waals surface area (Å²) in [5, 5.41) is 9.21. The summed E-state index contributed by atoms with van der Waals surface area (Å²) in [7, 11) is 0. The quantitative estimate of drug-likeness (QED) is 0.942. The summed E-state index contributed by atoms with van der Waals surface area (Å²) >= 11 is 0. The smallest absolute Gasteiger partial charge is 0.414 e. The molecule has 0 fully saturated rings. The second kappa shape index (κ2) is 5.97. The number of hydrogen-bond acceptors (Lipinski definition) is 3. The van der Waals surface area contributed by atoms with Crippen LogP contribution in [0.1, 0.15) is 16.7 Å². The Hall–Kier alpha value is -2.33. The molecular formula is C17H17NO3. The SMILES string of the molecule is O=C(OCc1ccccc1)N1CCc2ccc(CO)cc21. The van der Waals surface area contributed by atoms with Crippen molar-refractivity contribution in [3.63, 3.8) is 0 Å². The van der Waals surface area contributed by atoms with Crippen LogP contribution in [0, 0.1) is 0 Å². The van der Waals surface area contributed by atoms with E-state index in [2.05, 4.69) is 0 Å². The molecule has 0 aromatic heterocycles. The molecule has 0 saturated carbocycles. The maximum atomic E-state index is 12.2. The summed E-state index contributed by atoms with van der Waals surface area (Å²) < 4.78 is 5.37. The molecule has 3 rings (SSSR count). The minimum Gasteiger partial charge on any atom is -0.444 e. The number of fused-ring (bicyclic) bond motifs is 1. The third kappa shape index (κ3) is 2.90. The second-order valence-corrected chi connectivity index (χ2v) is 5.06. The van der Waals surface area contributed by atoms with Crippen molar-refractivity contribution >= 4 is 11.8 Å². The lowest BCUT2D eigenvalue weighted by Crippen LogP contribution is -2.29. The molecule has 0 saturated heterocycles. The molecule has 1 heterocycles. The fourth-order valence-corrected chi connectivity index (χ4v) is 2.51. The van der Waals surface area contributed by atoms with E-state index in [9.17, 15) is 9.90 Å². The molecule has 2 aromatic rings. The van der Waals surface area contributed by atoms with Gasteiger partial charge in [0.25, 0.3) is 0 Å². The van der Waals surface area contributed by atoms with Crippen LogP contribution in [0.5, 0.6) is 0 Å². The van der Waals surface area contributed by atoms with Gasteiger partial charge < -0.3 is 9.84 Å². The van der Waals surface area contributed by atoms with E-state index in [4.69, 9.17) is 4.74 Å². The molecule has 1 N–H and O–H groups in total. The third-order valence-corrected chi connectivity index (χ3v) is 3.65. The van der Waals surface area contributed by atoms with E-state index in [1.807, 2.05) is 48.5 Å². The Balaban J connectivity index is 1.70. The van der Waals surface area contributed by atoms with Crippen molar-refractivity contribution in [1.29, 1.82) is 0 Å². The van der Waals surface area contributed by atoms with Gasteiger partial charge >= 0.3 is 6.09 Å². The van der Waals surface area contributed by atoms with Gasteiger partial charge in [0.1, 0.15) is 6.61 Å². The van der Waals surface area contributed by atoms with E-state index in [0.717, 1.165) is 28.8 Å². The van der Waals surface area contributed by atoms with Crippen LogP contribution in [0.15, 0.2) is 48.5 Å². The number of amides is 1. The highest BCUT2D eigenvalue weighted by Crippen LogP contribution is 2.29. The molecule has 0 aliphatic carbocycles. The van der Waals surface area contributed by atoms with E-state index in [-0.39, 0.29) is 19.3 Å². The number of carbonyl (C=O) groups excluding carboxylic acids is 1. The minimum atomic E-state index is -0.340. The average Bonchev–Trinajstić information content (AvgIpc) is 2.96. The lowest BCUT2D eigenvalue weighted by molar-refractivity contribution is 0.147. The Bertz CT molecular complexity index is 640. The maximum absolute atomic E-state index is 12.2. The van der Waals surface area contributed by atoms with Gasteiger partial charge in [0.05, 0.1) is 12.3 Å². The molecule has 0 atom stereocenters. The van der Waals surface area contributed by atoms with E-state index < -0.39 is 0 Å². The molecule has 21 heavy (non-hydrogen) atoms. The maximum Gasteiger partial charge on any atom is 0.414 e. The van der Waals surface area contributed by atoms with Gasteiger partial charge in [-0.05, 0) is 29.2 Å². The molecule has 4 nitrogen and oxygen atoms in total. The van der Waals surface area contributed by atoms with Crippen molar-refractivity contribution < 1.29 is 14.6 Å². The molecule has 1 aliphatic heterocycles. The van der Waals surface area contributed by atoms with Gasteiger partial charge in [-0.1, -0.05) is 42.5 Å². The number of rotatable bonds is 3. The molecule has 0 radical (unpaired) electrons. The van der Waals surface area contributed by atoms with E-state index >= 15 is 0 Å². The minimum absolute atomic E-state index is 0.0276. The first-order valence-electron chi connectivity index (χ1n) is 6.99. The monoisotopic (exact) mass is 283 g/mol. The normalized spacial score (nSPS) is 13.1. The van der Waals surface area contributed by atoms with Gasteiger partial charge in [-0.15, -0.1) is 0 Å². The molecule has 4 heteroatoms. The van der Waals surface area contributed by atoms with E-state index in [0.29, 0.717) is 6.54 Å². The van der Waals surface area contributed by atoms with Crippen LogP contribution in [0.4, 0.5) is 10.5 Å². The number of nitrogens with zero attached hydrogens (tertiary/aromatic N) is 1. The Morgan fingerprint density at radius 2 is 1.95 bits per heavy atom. The second-order valence-electron chi connectivity index (χ2n) is 5.06. The predicted molar refractivity (Wildman–Crippen MR) is 80.0 cm³/mol. The predicted octanol–water partition coefficient (Wildman–Crippen LogP) is 2.88. The first-order chi connectivity index (χ1) is 10.3. The summed E-state index contributed by atoms with van der Waals surface area (Å²) in [5.41, 5.74) is 3.73. The van der Waals surface area contributed by atoms with E-state index in [1.165, 1.54) is 0 Å². The van der Waals surface area contributed by atoms with Gasteiger partial charge in [-0.3, -0.25) is 4.90 Å².